The lowest BCUT2D eigenvalue weighted by atomic mass is 10.1. The van der Waals surface area contributed by atoms with Gasteiger partial charge in [-0.3, -0.25) is 9.69 Å². The van der Waals surface area contributed by atoms with Crippen molar-refractivity contribution in [1.29, 1.82) is 0 Å². The summed E-state index contributed by atoms with van der Waals surface area (Å²) in [7, 11) is 7.12. The fourth-order valence-electron chi connectivity index (χ4n) is 3.82. The smallest absolute Gasteiger partial charge is 0.261 e. The number of furan rings is 1. The van der Waals surface area contributed by atoms with Crippen LogP contribution >= 0.6 is 0 Å². The van der Waals surface area contributed by atoms with Gasteiger partial charge >= 0.3 is 0 Å². The molecule has 0 bridgehead atoms. The van der Waals surface area contributed by atoms with Crippen molar-refractivity contribution >= 4 is 17.8 Å². The maximum absolute atomic E-state index is 12.7. The Balaban J connectivity index is 0.00000132. The number of pyridine rings is 1. The Kier molecular flexibility index (Phi) is 7.14. The summed E-state index contributed by atoms with van der Waals surface area (Å²) in [4.78, 5) is 25.4. The molecule has 0 amide bonds. The zero-order valence-corrected chi connectivity index (χ0v) is 18.5. The summed E-state index contributed by atoms with van der Waals surface area (Å²) in [6.07, 6.45) is 1.81. The number of hydrogen-bond acceptors (Lipinski definition) is 7. The van der Waals surface area contributed by atoms with E-state index in [1.165, 1.54) is 0 Å². The molecule has 0 N–H and O–H groups in total. The number of methoxy groups -OCH3 is 2. The van der Waals surface area contributed by atoms with Gasteiger partial charge in [0.05, 0.1) is 26.2 Å². The predicted octanol–water partition coefficient (Wildman–Crippen LogP) is 2.38. The average molecular weight is 428 g/mol. The van der Waals surface area contributed by atoms with E-state index in [0.717, 1.165) is 43.1 Å². The van der Waals surface area contributed by atoms with Crippen LogP contribution in [0.25, 0.3) is 22.1 Å². The van der Waals surface area contributed by atoms with Crippen molar-refractivity contribution in [2.75, 3.05) is 47.4 Å². The topological polar surface area (TPSA) is 77.2 Å². The number of ether oxygens (including phenoxy) is 2. The number of hydrogen-bond donors (Lipinski definition) is 0. The molecule has 166 valence electrons. The molecule has 1 saturated heterocycles. The molecule has 0 unspecified atom stereocenters. The van der Waals surface area contributed by atoms with Crippen LogP contribution in [0.1, 0.15) is 5.76 Å². The molecule has 3 aromatic rings. The number of benzene rings is 1. The number of aromatic nitrogens is 1. The summed E-state index contributed by atoms with van der Waals surface area (Å²) in [6.45, 7) is 6.77. The van der Waals surface area contributed by atoms with Crippen LogP contribution in [-0.2, 0) is 18.4 Å². The van der Waals surface area contributed by atoms with E-state index in [1.54, 1.807) is 25.8 Å². The van der Waals surface area contributed by atoms with Crippen molar-refractivity contribution in [2.24, 2.45) is 7.05 Å². The largest absolute Gasteiger partial charge is 0.493 e. The molecule has 1 aliphatic rings. The zero-order chi connectivity index (χ0) is 22.5. The van der Waals surface area contributed by atoms with Crippen LogP contribution in [0.5, 0.6) is 11.5 Å². The number of aryl methyl sites for hydroxylation is 1. The molecule has 8 heteroatoms. The zero-order valence-electron chi connectivity index (χ0n) is 18.5. The lowest BCUT2D eigenvalue weighted by Gasteiger charge is -2.31. The highest BCUT2D eigenvalue weighted by Crippen LogP contribution is 2.35. The van der Waals surface area contributed by atoms with Gasteiger partial charge in [-0.2, -0.15) is 0 Å². The number of piperazine rings is 1. The third-order valence-corrected chi connectivity index (χ3v) is 5.57. The van der Waals surface area contributed by atoms with Crippen LogP contribution in [0.15, 0.2) is 39.7 Å². The molecular weight excluding hydrogens is 398 g/mol. The summed E-state index contributed by atoms with van der Waals surface area (Å²) >= 11 is 0. The lowest BCUT2D eigenvalue weighted by Crippen LogP contribution is -2.43. The highest BCUT2D eigenvalue weighted by Gasteiger charge is 2.19. The third kappa shape index (κ3) is 4.65. The van der Waals surface area contributed by atoms with Gasteiger partial charge in [-0.15, -0.1) is 0 Å². The molecule has 8 nitrogen and oxygen atoms in total. The van der Waals surface area contributed by atoms with Gasteiger partial charge in [-0.05, 0) is 30.8 Å². The maximum Gasteiger partial charge on any atom is 0.261 e. The van der Waals surface area contributed by atoms with E-state index in [2.05, 4.69) is 16.8 Å². The Bertz CT molecular complexity index is 1100. The van der Waals surface area contributed by atoms with E-state index < -0.39 is 0 Å². The number of carbonyl (C=O) groups excluding carboxylic acids is 1. The highest BCUT2D eigenvalue weighted by atomic mass is 16.5. The minimum Gasteiger partial charge on any atom is -0.493 e. The summed E-state index contributed by atoms with van der Waals surface area (Å²) in [5.74, 6) is 2.11. The van der Waals surface area contributed by atoms with Crippen LogP contribution in [0.2, 0.25) is 0 Å². The summed E-state index contributed by atoms with van der Waals surface area (Å²) in [5.41, 5.74) is 2.32. The first-order valence-corrected chi connectivity index (χ1v) is 10.0. The van der Waals surface area contributed by atoms with Gasteiger partial charge < -0.3 is 28.2 Å². The number of nitrogens with zero attached hydrogens (tertiary/aromatic N) is 3. The minimum atomic E-state index is -0.0578. The SMILES string of the molecule is C=O.COc1ccc(-c2cn(C)c(=O)c3cc(CN4CCN(C)CC4)oc23)cc1OC. The molecule has 1 aromatic carbocycles. The van der Waals surface area contributed by atoms with Crippen LogP contribution < -0.4 is 15.0 Å². The second-order valence-electron chi connectivity index (χ2n) is 7.56. The van der Waals surface area contributed by atoms with E-state index in [4.69, 9.17) is 18.7 Å². The Labute approximate surface area is 181 Å². The molecule has 0 spiro atoms. The fourth-order valence-corrected chi connectivity index (χ4v) is 3.82. The van der Waals surface area contributed by atoms with Gasteiger partial charge in [0.15, 0.2) is 11.5 Å². The molecule has 0 radical (unpaired) electrons. The van der Waals surface area contributed by atoms with Crippen LogP contribution in [-0.4, -0.2) is 68.6 Å². The van der Waals surface area contributed by atoms with Gasteiger partial charge in [0.1, 0.15) is 18.1 Å². The molecule has 0 saturated carbocycles. The quantitative estimate of drug-likeness (QED) is 0.619. The van der Waals surface area contributed by atoms with E-state index in [-0.39, 0.29) is 5.56 Å². The first kappa shape index (κ1) is 22.6. The average Bonchev–Trinajstić information content (AvgIpc) is 3.22. The fraction of sp³-hybridized carbons (Fsp3) is 0.391. The maximum atomic E-state index is 12.7. The van der Waals surface area contributed by atoms with Crippen molar-refractivity contribution in [1.82, 2.24) is 14.4 Å². The molecule has 0 atom stereocenters. The summed E-state index contributed by atoms with van der Waals surface area (Å²) in [5, 5.41) is 0.601. The van der Waals surface area contributed by atoms with E-state index in [1.807, 2.05) is 37.3 Å². The van der Waals surface area contributed by atoms with Crippen molar-refractivity contribution in [3.63, 3.8) is 0 Å². The van der Waals surface area contributed by atoms with Crippen LogP contribution in [0.4, 0.5) is 0 Å². The second kappa shape index (κ2) is 9.80. The van der Waals surface area contributed by atoms with E-state index in [0.29, 0.717) is 29.0 Å². The monoisotopic (exact) mass is 427 g/mol. The molecular formula is C23H29N3O5. The highest BCUT2D eigenvalue weighted by molar-refractivity contribution is 5.92. The number of likely N-dealkylation sites (N-methyl/N-ethyl adjacent to an activating group) is 1. The number of rotatable bonds is 5. The molecule has 1 fully saturated rings. The van der Waals surface area contributed by atoms with E-state index >= 15 is 0 Å². The Morgan fingerprint density at radius 3 is 2.32 bits per heavy atom. The summed E-state index contributed by atoms with van der Waals surface area (Å²) in [6, 6.07) is 7.60. The minimum absolute atomic E-state index is 0.0578. The summed E-state index contributed by atoms with van der Waals surface area (Å²) < 4.78 is 18.6. The Morgan fingerprint density at radius 2 is 1.68 bits per heavy atom. The van der Waals surface area contributed by atoms with Gasteiger partial charge in [0, 0.05) is 45.0 Å². The third-order valence-electron chi connectivity index (χ3n) is 5.57. The first-order chi connectivity index (χ1) is 15.0. The van der Waals surface area contributed by atoms with Gasteiger partial charge in [0.25, 0.3) is 5.56 Å². The number of fused-ring (bicyclic) bond motifs is 1. The normalized spacial score (nSPS) is 14.8. The molecule has 3 heterocycles. The first-order valence-electron chi connectivity index (χ1n) is 10.0. The number of carbonyl (C=O) groups is 1. The molecule has 31 heavy (non-hydrogen) atoms. The van der Waals surface area contributed by atoms with Crippen molar-refractivity contribution in [3.05, 3.63) is 46.6 Å². The lowest BCUT2D eigenvalue weighted by molar-refractivity contribution is -0.0979. The van der Waals surface area contributed by atoms with Gasteiger partial charge in [-0.1, -0.05) is 6.07 Å². The van der Waals surface area contributed by atoms with Gasteiger partial charge in [0.2, 0.25) is 0 Å². The standard InChI is InChI=1S/C22H27N3O4.CH2O/c1-23-7-9-25(10-8-23)13-16-12-17-21(29-16)18(14-24(2)22(17)26)15-5-6-19(27-3)20(11-15)28-4;1-2/h5-6,11-12,14H,7-10,13H2,1-4H3;1H2. The van der Waals surface area contributed by atoms with Crippen LogP contribution in [0, 0.1) is 0 Å². The van der Waals surface area contributed by atoms with Crippen molar-refractivity contribution in [3.8, 4) is 22.6 Å². The predicted molar refractivity (Wildman–Crippen MR) is 120 cm³/mol. The molecule has 4 rings (SSSR count). The Hall–Kier alpha value is -3.10. The Morgan fingerprint density at radius 1 is 1.00 bits per heavy atom. The van der Waals surface area contributed by atoms with Crippen LogP contribution in [0.3, 0.4) is 0 Å². The van der Waals surface area contributed by atoms with Crippen molar-refractivity contribution in [2.45, 2.75) is 6.54 Å². The molecule has 1 aliphatic heterocycles. The van der Waals surface area contributed by atoms with E-state index in [9.17, 15) is 4.79 Å². The second-order valence-corrected chi connectivity index (χ2v) is 7.56. The molecule has 0 aliphatic carbocycles. The van der Waals surface area contributed by atoms with Crippen molar-refractivity contribution < 1.29 is 18.7 Å². The molecule has 2 aromatic heterocycles. The van der Waals surface area contributed by atoms with Gasteiger partial charge in [-0.25, -0.2) is 0 Å².